The van der Waals surface area contributed by atoms with Crippen molar-refractivity contribution >= 4 is 129 Å². The predicted molar refractivity (Wildman–Crippen MR) is 634 cm³/mol. The molecule has 150 heavy (non-hydrogen) atoms. The zero-order valence-electron chi connectivity index (χ0n) is 85.2. The van der Waals surface area contributed by atoms with Gasteiger partial charge in [0.05, 0.1) is 28.5 Å². The van der Waals surface area contributed by atoms with E-state index in [0.29, 0.717) is 17.5 Å². The summed E-state index contributed by atoms with van der Waals surface area (Å²) in [6.07, 6.45) is 5.56. The number of aromatic nitrogens is 7. The SMILES string of the molecule is CC(C)(C)c1cc2ccc3c(-c4ccc(-c5ccc(-c6ccccn6)nc5)cc4)cc(-c4ccc5ccccc5c4)c4ccc(c1)c2c34.CC(C)(C)c1cc2ccc3c(-c4ccc(-c5cccc(-c6ccccn6)n5)cc4)cc(-c4cc5ccccc5c5ccccc45)c4ccc(c1)c2c34.CC(C)(C)c1cc2ccc3c(-c4ccccc4)cc(-c4ccc(-c5nc(-c6ccccc6)nc(-c6ccccc6)n5)cc4)c4ccc(c1)c2c34. The molecule has 0 unspecified atom stereocenters. The molecule has 0 bridgehead atoms. The summed E-state index contributed by atoms with van der Waals surface area (Å²) in [4.78, 5) is 33.5. The zero-order chi connectivity index (χ0) is 101. The summed E-state index contributed by atoms with van der Waals surface area (Å²) in [6, 6.07) is 165. The molecule has 0 aliphatic rings. The first kappa shape index (κ1) is 91.5. The lowest BCUT2D eigenvalue weighted by atomic mass is 9.81. The fourth-order valence-electron chi connectivity index (χ4n) is 22.6. The van der Waals surface area contributed by atoms with E-state index in [-0.39, 0.29) is 16.2 Å². The van der Waals surface area contributed by atoms with Crippen LogP contribution in [0.2, 0.25) is 0 Å². The van der Waals surface area contributed by atoms with Gasteiger partial charge in [0.25, 0.3) is 0 Å². The maximum Gasteiger partial charge on any atom is 0.164 e. The third-order valence-electron chi connectivity index (χ3n) is 30.5. The molecule has 0 spiro atoms. The lowest BCUT2D eigenvalue weighted by molar-refractivity contribution is 0.591. The minimum absolute atomic E-state index is 0.0541. The van der Waals surface area contributed by atoms with Gasteiger partial charge in [0, 0.05) is 46.4 Å². The van der Waals surface area contributed by atoms with Crippen LogP contribution in [0.3, 0.4) is 0 Å². The molecule has 7 heteroatoms. The summed E-state index contributed by atoms with van der Waals surface area (Å²) < 4.78 is 0. The maximum atomic E-state index is 4.99. The second kappa shape index (κ2) is 36.9. The fraction of sp³-hybridized carbons (Fsp3) is 0.0839. The topological polar surface area (TPSA) is 90.2 Å². The molecule has 23 aromatic carbocycles. The number of pyridine rings is 4. The van der Waals surface area contributed by atoms with E-state index in [9.17, 15) is 0 Å². The van der Waals surface area contributed by atoms with Crippen LogP contribution in [0.15, 0.2) is 474 Å². The molecule has 28 aromatic rings. The molecule has 0 fully saturated rings. The molecule has 0 saturated carbocycles. The van der Waals surface area contributed by atoms with Crippen LogP contribution in [0.4, 0.5) is 0 Å². The average Bonchev–Trinajstić information content (AvgIpc) is 0.716. The van der Waals surface area contributed by atoms with Crippen molar-refractivity contribution in [1.82, 2.24) is 34.9 Å². The monoisotopic (exact) mass is 1920 g/mol. The lowest BCUT2D eigenvalue weighted by Gasteiger charge is -2.23. The summed E-state index contributed by atoms with van der Waals surface area (Å²) in [5, 5.41) is 31.0. The molecule has 712 valence electrons. The van der Waals surface area contributed by atoms with Gasteiger partial charge in [-0.05, 0) is 307 Å². The summed E-state index contributed by atoms with van der Waals surface area (Å²) in [5.74, 6) is 1.97. The lowest BCUT2D eigenvalue weighted by Crippen LogP contribution is -2.10. The van der Waals surface area contributed by atoms with Crippen molar-refractivity contribution in [1.29, 1.82) is 0 Å². The first-order chi connectivity index (χ1) is 73.2. The summed E-state index contributed by atoms with van der Waals surface area (Å²) in [5.41, 5.74) is 29.6. The van der Waals surface area contributed by atoms with Crippen LogP contribution in [0.25, 0.3) is 275 Å². The van der Waals surface area contributed by atoms with Crippen molar-refractivity contribution in [3.8, 4) is 146 Å². The minimum atomic E-state index is 0.0541. The molecule has 0 amide bonds. The van der Waals surface area contributed by atoms with Crippen LogP contribution in [-0.4, -0.2) is 34.9 Å². The average molecular weight is 1920 g/mol. The van der Waals surface area contributed by atoms with E-state index >= 15 is 0 Å². The zero-order valence-corrected chi connectivity index (χ0v) is 85.2. The Morgan fingerprint density at radius 2 is 0.453 bits per heavy atom. The normalized spacial score (nSPS) is 12.0. The van der Waals surface area contributed by atoms with Crippen LogP contribution < -0.4 is 0 Å². The van der Waals surface area contributed by atoms with Crippen molar-refractivity contribution < 1.29 is 0 Å². The highest BCUT2D eigenvalue weighted by molar-refractivity contribution is 6.32. The van der Waals surface area contributed by atoms with Crippen LogP contribution >= 0.6 is 0 Å². The van der Waals surface area contributed by atoms with Gasteiger partial charge in [-0.1, -0.05) is 444 Å². The van der Waals surface area contributed by atoms with Gasteiger partial charge in [0.15, 0.2) is 17.5 Å². The Hall–Kier alpha value is -18.4. The van der Waals surface area contributed by atoms with Gasteiger partial charge in [-0.15, -0.1) is 0 Å². The van der Waals surface area contributed by atoms with Crippen molar-refractivity contribution in [2.45, 2.75) is 78.6 Å². The van der Waals surface area contributed by atoms with Crippen LogP contribution in [0, 0.1) is 0 Å². The number of fused-ring (bicyclic) bond motifs is 4. The highest BCUT2D eigenvalue weighted by atomic mass is 15.0. The first-order valence-corrected chi connectivity index (χ1v) is 51.9. The molecule has 5 heterocycles. The summed E-state index contributed by atoms with van der Waals surface area (Å²) in [7, 11) is 0. The highest BCUT2D eigenvalue weighted by Gasteiger charge is 2.28. The third-order valence-corrected chi connectivity index (χ3v) is 30.5. The standard InChI is InChI=1S/C50H36N2.C47H35N3.C46H34N2/c1-50(2,3)36-27-34-22-24-40-42(31-18-20-32(21-19-31)45-16-10-17-47(52-45)46-15-8-9-26-51-46)30-44(41-25-23-35(28-36)48(34)49(40)41)43-29-33-11-4-5-12-37(33)38-13-6-7-14-39(38)43;1-47(2,3)37-27-35-23-25-38-40(30-13-7-4-8-14-30)29-41(39-26-24-36(28-37)42(35)43(38)39)31-19-21-34(22-20-31)46-49-44(32-15-9-5-10-16-32)48-45(50-46)33-17-11-6-12-18-33;1-46(2,3)37-25-34-17-20-38-40(31-14-11-30(12-15-31)36-19-22-43(48-28-36)42-10-6-7-23-47-42)27-41(39-21-18-35(26-37)44(34)45(38)39)33-16-13-29-8-4-5-9-32(29)24-33/h4-30H,1-3H3;4-29H,1-3H3;4-28H,1-3H3. The molecule has 5 aromatic heterocycles. The van der Waals surface area contributed by atoms with Crippen LogP contribution in [0.1, 0.15) is 79.0 Å². The molecule has 28 rings (SSSR count). The number of rotatable bonds is 13. The number of nitrogens with zero attached hydrogens (tertiary/aromatic N) is 7. The van der Waals surface area contributed by atoms with Crippen molar-refractivity contribution in [3.63, 3.8) is 0 Å². The Morgan fingerprint density at radius 1 is 0.147 bits per heavy atom. The number of hydrogen-bond donors (Lipinski definition) is 0. The molecular formula is C143H105N7. The third kappa shape index (κ3) is 16.8. The minimum Gasteiger partial charge on any atom is -0.255 e. The van der Waals surface area contributed by atoms with E-state index in [4.69, 9.17) is 24.9 Å². The molecule has 0 aliphatic heterocycles. The molecule has 0 radical (unpaired) electrons. The second-order valence-electron chi connectivity index (χ2n) is 43.0. The number of hydrogen-bond acceptors (Lipinski definition) is 7. The number of benzene rings is 23. The van der Waals surface area contributed by atoms with Crippen LogP contribution in [0.5, 0.6) is 0 Å². The summed E-state index contributed by atoms with van der Waals surface area (Å²) in [6.45, 7) is 20.7. The van der Waals surface area contributed by atoms with Crippen molar-refractivity contribution in [2.24, 2.45) is 0 Å². The van der Waals surface area contributed by atoms with Crippen molar-refractivity contribution in [2.75, 3.05) is 0 Å². The van der Waals surface area contributed by atoms with Gasteiger partial charge >= 0.3 is 0 Å². The Kier molecular flexibility index (Phi) is 22.5. The van der Waals surface area contributed by atoms with E-state index in [1.54, 1.807) is 6.20 Å². The van der Waals surface area contributed by atoms with Gasteiger partial charge in [-0.2, -0.15) is 0 Å². The van der Waals surface area contributed by atoms with Gasteiger partial charge in [-0.25, -0.2) is 19.9 Å². The van der Waals surface area contributed by atoms with Gasteiger partial charge in [0.2, 0.25) is 0 Å². The quantitative estimate of drug-likeness (QED) is 0.106. The Balaban J connectivity index is 0.000000114. The molecular weight excluding hydrogens is 1820 g/mol. The largest absolute Gasteiger partial charge is 0.255 e. The van der Waals surface area contributed by atoms with Crippen LogP contribution in [-0.2, 0) is 16.2 Å². The van der Waals surface area contributed by atoms with E-state index in [0.717, 1.165) is 67.4 Å². The second-order valence-corrected chi connectivity index (χ2v) is 43.0. The smallest absolute Gasteiger partial charge is 0.164 e. The first-order valence-electron chi connectivity index (χ1n) is 51.9. The molecule has 0 saturated heterocycles. The van der Waals surface area contributed by atoms with Gasteiger partial charge in [-0.3, -0.25) is 15.0 Å². The summed E-state index contributed by atoms with van der Waals surface area (Å²) >= 11 is 0. The van der Waals surface area contributed by atoms with E-state index in [2.05, 4.69) is 418 Å². The van der Waals surface area contributed by atoms with Gasteiger partial charge < -0.3 is 0 Å². The maximum absolute atomic E-state index is 4.99. The van der Waals surface area contributed by atoms with Gasteiger partial charge in [0.1, 0.15) is 0 Å². The van der Waals surface area contributed by atoms with E-state index in [1.165, 1.54) is 207 Å². The molecule has 0 N–H and O–H groups in total. The highest BCUT2D eigenvalue weighted by Crippen LogP contribution is 2.52. The molecule has 0 aliphatic carbocycles. The fourth-order valence-corrected chi connectivity index (χ4v) is 22.6. The predicted octanol–water partition coefficient (Wildman–Crippen LogP) is 38.5. The van der Waals surface area contributed by atoms with E-state index in [1.807, 2.05) is 122 Å². The van der Waals surface area contributed by atoms with Crippen molar-refractivity contribution in [3.05, 3.63) is 490 Å². The Labute approximate surface area is 872 Å². The molecule has 7 nitrogen and oxygen atoms in total. The molecule has 0 atom stereocenters. The van der Waals surface area contributed by atoms with E-state index < -0.39 is 0 Å². The Bertz CT molecular complexity index is 9940. The Morgan fingerprint density at radius 3 is 0.887 bits per heavy atom.